The Bertz CT molecular complexity index is 1130. The van der Waals surface area contributed by atoms with E-state index in [1.807, 2.05) is 10.8 Å². The summed E-state index contributed by atoms with van der Waals surface area (Å²) >= 11 is 0. The average Bonchev–Trinajstić information content (AvgIpc) is 3.17. The van der Waals surface area contributed by atoms with Crippen LogP contribution < -0.4 is 10.0 Å². The first-order chi connectivity index (χ1) is 14.5. The van der Waals surface area contributed by atoms with Crippen LogP contribution in [0.4, 0.5) is 10.5 Å². The fraction of sp³-hybridized carbons (Fsp3) is 0.500. The molecule has 8 heteroatoms. The second-order valence-electron chi connectivity index (χ2n) is 8.83. The molecule has 1 atom stereocenters. The molecule has 0 radical (unpaired) electrons. The fourth-order valence-electron chi connectivity index (χ4n) is 4.04. The summed E-state index contributed by atoms with van der Waals surface area (Å²) in [4.78, 5) is 12.7. The lowest BCUT2D eigenvalue weighted by Crippen LogP contribution is -2.35. The van der Waals surface area contributed by atoms with Crippen molar-refractivity contribution in [1.29, 1.82) is 0 Å². The smallest absolute Gasteiger partial charge is 0.333 e. The lowest BCUT2D eigenvalue weighted by Gasteiger charge is -2.20. The first-order valence-corrected chi connectivity index (χ1v) is 11.8. The molecular weight excluding hydrogens is 404 g/mol. The molecule has 1 heterocycles. The molecule has 1 saturated carbocycles. The Morgan fingerprint density at radius 2 is 2.10 bits per heavy atom. The van der Waals surface area contributed by atoms with E-state index in [2.05, 4.69) is 12.2 Å². The maximum absolute atomic E-state index is 12.7. The SMILES string of the molecule is [2H]c1cc([C@@H](C)C2CC2)c(NC(=O)NS(=O)(=O)c2cc(C(C)(C)O)co2)c2c1CCC2. The molecule has 2 aliphatic carbocycles. The van der Waals surface area contributed by atoms with E-state index in [9.17, 15) is 18.3 Å². The Balaban J connectivity index is 1.60. The Kier molecular flexibility index (Phi) is 4.86. The Hall–Kier alpha value is -2.32. The maximum Gasteiger partial charge on any atom is 0.333 e. The number of hydrogen-bond donors (Lipinski definition) is 3. The summed E-state index contributed by atoms with van der Waals surface area (Å²) in [7, 11) is -4.26. The minimum Gasteiger partial charge on any atom is -0.451 e. The first-order valence-electron chi connectivity index (χ1n) is 10.8. The summed E-state index contributed by atoms with van der Waals surface area (Å²) in [5.74, 6) is 0.705. The van der Waals surface area contributed by atoms with Gasteiger partial charge in [0, 0.05) is 17.3 Å². The van der Waals surface area contributed by atoms with Gasteiger partial charge in [0.05, 0.1) is 13.2 Å². The number of anilines is 1. The molecule has 1 aromatic heterocycles. The molecule has 30 heavy (non-hydrogen) atoms. The normalized spacial score (nSPS) is 17.9. The zero-order valence-electron chi connectivity index (χ0n) is 18.4. The molecule has 3 N–H and O–H groups in total. The summed E-state index contributed by atoms with van der Waals surface area (Å²) in [6.07, 6.45) is 5.83. The third kappa shape index (κ3) is 4.11. The van der Waals surface area contributed by atoms with Gasteiger partial charge in [0.2, 0.25) is 5.09 Å². The summed E-state index contributed by atoms with van der Waals surface area (Å²) in [6.45, 7) is 5.11. The van der Waals surface area contributed by atoms with E-state index in [-0.39, 0.29) is 11.5 Å². The van der Waals surface area contributed by atoms with Gasteiger partial charge in [-0.3, -0.25) is 0 Å². The Morgan fingerprint density at radius 3 is 2.73 bits per heavy atom. The molecule has 2 aromatic rings. The molecule has 2 amide bonds. The molecule has 4 rings (SSSR count). The lowest BCUT2D eigenvalue weighted by molar-refractivity contribution is 0.0779. The second kappa shape index (κ2) is 7.42. The van der Waals surface area contributed by atoms with Crippen molar-refractivity contribution in [2.24, 2.45) is 5.92 Å². The topological polar surface area (TPSA) is 109 Å². The van der Waals surface area contributed by atoms with Gasteiger partial charge in [-0.25, -0.2) is 9.52 Å². The third-order valence-corrected chi connectivity index (χ3v) is 7.24. The predicted molar refractivity (Wildman–Crippen MR) is 113 cm³/mol. The van der Waals surface area contributed by atoms with Crippen LogP contribution in [0, 0.1) is 5.92 Å². The van der Waals surface area contributed by atoms with Gasteiger partial charge in [-0.05, 0) is 74.5 Å². The third-order valence-electron chi connectivity index (χ3n) is 6.04. The van der Waals surface area contributed by atoms with Crippen molar-refractivity contribution in [2.75, 3.05) is 5.32 Å². The summed E-state index contributed by atoms with van der Waals surface area (Å²) < 4.78 is 40.7. The molecule has 0 unspecified atom stereocenters. The Morgan fingerprint density at radius 1 is 1.37 bits per heavy atom. The van der Waals surface area contributed by atoms with Gasteiger partial charge in [0.25, 0.3) is 10.0 Å². The number of aliphatic hydroxyl groups is 1. The number of carbonyl (C=O) groups excluding carboxylic acids is 1. The molecule has 1 fully saturated rings. The number of hydrogen-bond acceptors (Lipinski definition) is 5. The van der Waals surface area contributed by atoms with Crippen LogP contribution in [0.3, 0.4) is 0 Å². The minimum atomic E-state index is -4.26. The van der Waals surface area contributed by atoms with Crippen LogP contribution in [0.5, 0.6) is 0 Å². The molecule has 2 aliphatic rings. The van der Waals surface area contributed by atoms with E-state index in [1.165, 1.54) is 19.9 Å². The number of fused-ring (bicyclic) bond motifs is 1. The largest absolute Gasteiger partial charge is 0.451 e. The summed E-state index contributed by atoms with van der Waals surface area (Å²) in [5.41, 5.74) is 2.40. The van der Waals surface area contributed by atoms with Gasteiger partial charge >= 0.3 is 6.03 Å². The fourth-order valence-corrected chi connectivity index (χ4v) is 4.89. The lowest BCUT2D eigenvalue weighted by atomic mass is 9.91. The monoisotopic (exact) mass is 433 g/mol. The van der Waals surface area contributed by atoms with Gasteiger partial charge in [-0.1, -0.05) is 19.0 Å². The highest BCUT2D eigenvalue weighted by molar-refractivity contribution is 7.89. The van der Waals surface area contributed by atoms with E-state index in [0.717, 1.165) is 55.1 Å². The van der Waals surface area contributed by atoms with Gasteiger partial charge in [0.15, 0.2) is 0 Å². The molecule has 1 aromatic carbocycles. The highest BCUT2D eigenvalue weighted by Crippen LogP contribution is 2.46. The number of benzene rings is 1. The number of furan rings is 1. The number of urea groups is 1. The molecule has 0 saturated heterocycles. The molecule has 0 spiro atoms. The van der Waals surface area contributed by atoms with Crippen molar-refractivity contribution in [1.82, 2.24) is 4.72 Å². The van der Waals surface area contributed by atoms with E-state index in [1.54, 1.807) is 0 Å². The quantitative estimate of drug-likeness (QED) is 0.638. The maximum atomic E-state index is 12.7. The van der Waals surface area contributed by atoms with Crippen LogP contribution in [-0.4, -0.2) is 19.6 Å². The van der Waals surface area contributed by atoms with Crippen LogP contribution in [0.1, 0.15) is 69.6 Å². The molecular formula is C22H28N2O5S. The van der Waals surface area contributed by atoms with Crippen molar-refractivity contribution in [3.8, 4) is 0 Å². The zero-order chi connectivity index (χ0) is 22.6. The number of carbonyl (C=O) groups is 1. The van der Waals surface area contributed by atoms with Gasteiger partial charge in [-0.2, -0.15) is 8.42 Å². The van der Waals surface area contributed by atoms with Crippen LogP contribution in [0.2, 0.25) is 0 Å². The number of amides is 2. The van der Waals surface area contributed by atoms with Crippen molar-refractivity contribution >= 4 is 21.7 Å². The Labute approximate surface area is 178 Å². The molecule has 0 aliphatic heterocycles. The van der Waals surface area contributed by atoms with Crippen LogP contribution >= 0.6 is 0 Å². The van der Waals surface area contributed by atoms with E-state index in [0.29, 0.717) is 17.6 Å². The molecule has 0 bridgehead atoms. The number of sulfonamides is 1. The van der Waals surface area contributed by atoms with Gasteiger partial charge in [-0.15, -0.1) is 0 Å². The van der Waals surface area contributed by atoms with Crippen molar-refractivity contribution in [3.63, 3.8) is 0 Å². The van der Waals surface area contributed by atoms with E-state index in [4.69, 9.17) is 5.79 Å². The second-order valence-corrected chi connectivity index (χ2v) is 10.4. The molecule has 162 valence electrons. The predicted octanol–water partition coefficient (Wildman–Crippen LogP) is 4.02. The average molecular weight is 434 g/mol. The van der Waals surface area contributed by atoms with Crippen LogP contribution in [-0.2, 0) is 28.5 Å². The number of rotatable bonds is 6. The van der Waals surface area contributed by atoms with E-state index >= 15 is 0 Å². The standard InChI is InChI=1S/C22H28N2O5S/c1-13(14-7-8-14)17-10-9-15-5-4-6-18(15)20(17)23-21(25)24-30(27,28)19-11-16(12-29-19)22(2,3)26/h9-14,26H,4-8H2,1-3H3,(H2,23,24,25)/t13-/m0/s1/i9D. The van der Waals surface area contributed by atoms with Crippen molar-refractivity contribution < 1.29 is 24.1 Å². The minimum absolute atomic E-state index is 0.182. The van der Waals surface area contributed by atoms with Crippen molar-refractivity contribution in [2.45, 2.75) is 69.5 Å². The first kappa shape index (κ1) is 19.6. The zero-order valence-corrected chi connectivity index (χ0v) is 18.2. The highest BCUT2D eigenvalue weighted by atomic mass is 32.2. The molecule has 7 nitrogen and oxygen atoms in total. The van der Waals surface area contributed by atoms with Gasteiger partial charge < -0.3 is 14.8 Å². The van der Waals surface area contributed by atoms with Crippen LogP contribution in [0.25, 0.3) is 0 Å². The summed E-state index contributed by atoms with van der Waals surface area (Å²) in [5, 5.41) is 12.3. The van der Waals surface area contributed by atoms with Gasteiger partial charge in [0.1, 0.15) is 0 Å². The van der Waals surface area contributed by atoms with Crippen LogP contribution in [0.15, 0.2) is 33.9 Å². The number of nitrogens with one attached hydrogen (secondary N) is 2. The highest BCUT2D eigenvalue weighted by Gasteiger charge is 2.33. The summed E-state index contributed by atoms with van der Waals surface area (Å²) in [6, 6.07) is 2.63. The van der Waals surface area contributed by atoms with Crippen molar-refractivity contribution in [3.05, 3.63) is 46.7 Å². The van der Waals surface area contributed by atoms with E-state index < -0.39 is 26.7 Å².